The molecule has 2 aromatic rings. The zero-order chi connectivity index (χ0) is 28.7. The number of esters is 1. The summed E-state index contributed by atoms with van der Waals surface area (Å²) in [6.07, 6.45) is 1.91. The first kappa shape index (κ1) is 26.7. The zero-order valence-corrected chi connectivity index (χ0v) is 24.4. The van der Waals surface area contributed by atoms with E-state index >= 15 is 0 Å². The number of carbonyl (C=O) groups is 1. The molecule has 0 radical (unpaired) electrons. The first-order chi connectivity index (χ1) is 19.4. The second-order valence-electron chi connectivity index (χ2n) is 13.8. The second-order valence-corrected chi connectivity index (χ2v) is 13.8. The Labute approximate surface area is 241 Å². The summed E-state index contributed by atoms with van der Waals surface area (Å²) in [7, 11) is 0. The van der Waals surface area contributed by atoms with Crippen molar-refractivity contribution in [2.45, 2.75) is 108 Å². The van der Waals surface area contributed by atoms with E-state index in [9.17, 15) is 10.0 Å². The van der Waals surface area contributed by atoms with Crippen LogP contribution in [0.3, 0.4) is 0 Å². The molecular weight excluding hydrogens is 518 g/mol. The third kappa shape index (κ3) is 4.29. The normalized spacial score (nSPS) is 29.4. The predicted molar refractivity (Wildman–Crippen MR) is 156 cm³/mol. The summed E-state index contributed by atoms with van der Waals surface area (Å²) in [6.45, 7) is 9.56. The highest BCUT2D eigenvalue weighted by Crippen LogP contribution is 2.48. The maximum atomic E-state index is 13.7. The lowest BCUT2D eigenvalue weighted by molar-refractivity contribution is -0.159. The molecule has 41 heavy (non-hydrogen) atoms. The van der Waals surface area contributed by atoms with E-state index in [1.807, 2.05) is 58.9 Å². The number of fused-ring (bicyclic) bond motifs is 6. The Bertz CT molecular complexity index is 1370. The maximum absolute atomic E-state index is 13.7. The van der Waals surface area contributed by atoms with Crippen LogP contribution in [-0.2, 0) is 31.8 Å². The molecule has 3 heterocycles. The molecule has 4 atom stereocenters. The largest absolute Gasteiger partial charge is 0.784 e. The van der Waals surface area contributed by atoms with E-state index in [-0.39, 0.29) is 42.8 Å². The molecule has 2 aromatic carbocycles. The molecule has 0 saturated carbocycles. The highest BCUT2D eigenvalue weighted by molar-refractivity contribution is 6.08. The molecule has 0 aromatic heterocycles. The van der Waals surface area contributed by atoms with E-state index in [1.165, 1.54) is 22.3 Å². The summed E-state index contributed by atoms with van der Waals surface area (Å²) in [5, 5.41) is 14.0. The molecular formula is C33H38N3O5-. The summed E-state index contributed by atoms with van der Waals surface area (Å²) >= 11 is 0. The van der Waals surface area contributed by atoms with Crippen molar-refractivity contribution in [1.82, 2.24) is 5.06 Å². The Morgan fingerprint density at radius 1 is 0.902 bits per heavy atom. The molecule has 8 nitrogen and oxygen atoms in total. The quantitative estimate of drug-likeness (QED) is 0.443. The highest BCUT2D eigenvalue weighted by Gasteiger charge is 2.54. The van der Waals surface area contributed by atoms with Gasteiger partial charge in [-0.3, -0.25) is 4.79 Å². The van der Waals surface area contributed by atoms with Gasteiger partial charge < -0.3 is 24.5 Å². The average Bonchev–Trinajstić information content (AvgIpc) is 3.65. The standard InChI is InChI=1S/C33H38N3O5/c1-31(2)16-21(17-32(3,4)36(31)38)39-26(37)18-33(5,29-34-27-22-12-8-6-10-19(22)14-24(27)40-29)30-35-28-23-13-9-7-11-20(23)15-25(28)41-30/h6-13,21,24-25,27-28H,14-18H2,1-5H3/q-1/t24-,25-,27+,28+/m1/s1. The lowest BCUT2D eigenvalue weighted by Gasteiger charge is -2.59. The Morgan fingerprint density at radius 3 is 1.85 bits per heavy atom. The maximum Gasteiger partial charge on any atom is 0.307 e. The highest BCUT2D eigenvalue weighted by atomic mass is 16.6. The average molecular weight is 557 g/mol. The third-order valence-electron chi connectivity index (χ3n) is 9.63. The van der Waals surface area contributed by atoms with E-state index in [2.05, 4.69) is 24.3 Å². The predicted octanol–water partition coefficient (Wildman–Crippen LogP) is 5.63. The molecule has 216 valence electrons. The van der Waals surface area contributed by atoms with Crippen molar-refractivity contribution in [3.05, 3.63) is 76.0 Å². The van der Waals surface area contributed by atoms with Gasteiger partial charge in [-0.25, -0.2) is 9.98 Å². The zero-order valence-electron chi connectivity index (χ0n) is 24.4. The molecule has 0 N–H and O–H groups in total. The van der Waals surface area contributed by atoms with Crippen molar-refractivity contribution in [1.29, 1.82) is 0 Å². The van der Waals surface area contributed by atoms with Crippen LogP contribution in [0.25, 0.3) is 0 Å². The topological polar surface area (TPSA) is 95.8 Å². The Morgan fingerprint density at radius 2 is 1.37 bits per heavy atom. The van der Waals surface area contributed by atoms with Crippen LogP contribution < -0.4 is 0 Å². The minimum atomic E-state index is -1.01. The lowest BCUT2D eigenvalue weighted by atomic mass is 9.80. The van der Waals surface area contributed by atoms with Crippen molar-refractivity contribution in [3.63, 3.8) is 0 Å². The van der Waals surface area contributed by atoms with Crippen molar-refractivity contribution in [2.75, 3.05) is 0 Å². The molecule has 0 amide bonds. The van der Waals surface area contributed by atoms with Crippen LogP contribution in [0.1, 0.15) is 88.2 Å². The van der Waals surface area contributed by atoms with Gasteiger partial charge in [-0.2, -0.15) is 0 Å². The van der Waals surface area contributed by atoms with Gasteiger partial charge in [-0.05, 0) is 56.9 Å². The number of hydrogen-bond donors (Lipinski definition) is 0. The molecule has 0 bridgehead atoms. The van der Waals surface area contributed by atoms with E-state index in [4.69, 9.17) is 24.2 Å². The lowest BCUT2D eigenvalue weighted by Crippen LogP contribution is -2.59. The fraction of sp³-hybridized carbons (Fsp3) is 0.545. The van der Waals surface area contributed by atoms with E-state index in [1.54, 1.807) is 0 Å². The minimum Gasteiger partial charge on any atom is -0.784 e. The van der Waals surface area contributed by atoms with Gasteiger partial charge in [0.2, 0.25) is 11.8 Å². The number of aliphatic imine (C=N–C) groups is 2. The van der Waals surface area contributed by atoms with Gasteiger partial charge in [0.25, 0.3) is 0 Å². The third-order valence-corrected chi connectivity index (χ3v) is 9.63. The van der Waals surface area contributed by atoms with Crippen molar-refractivity contribution in [2.24, 2.45) is 15.4 Å². The van der Waals surface area contributed by atoms with Gasteiger partial charge in [0.1, 0.15) is 35.8 Å². The van der Waals surface area contributed by atoms with Crippen LogP contribution in [0.4, 0.5) is 0 Å². The Balaban J connectivity index is 1.19. The molecule has 5 aliphatic rings. The van der Waals surface area contributed by atoms with Crippen LogP contribution in [0.15, 0.2) is 58.5 Å². The second kappa shape index (κ2) is 9.13. The molecule has 7 rings (SSSR count). The number of hydroxylamine groups is 2. The molecule has 1 saturated heterocycles. The summed E-state index contributed by atoms with van der Waals surface area (Å²) in [6, 6.07) is 16.4. The molecule has 2 aliphatic carbocycles. The van der Waals surface area contributed by atoms with Crippen molar-refractivity contribution < 1.29 is 19.0 Å². The van der Waals surface area contributed by atoms with E-state index in [0.717, 1.165) is 17.9 Å². The molecule has 8 heteroatoms. The number of ether oxygens (including phenoxy) is 3. The summed E-state index contributed by atoms with van der Waals surface area (Å²) in [4.78, 5) is 23.9. The number of nitrogens with zero attached hydrogens (tertiary/aromatic N) is 3. The van der Waals surface area contributed by atoms with Crippen LogP contribution in [0.2, 0.25) is 0 Å². The Kier molecular flexibility index (Phi) is 5.94. The number of carbonyl (C=O) groups excluding carboxylic acids is 1. The summed E-state index contributed by atoms with van der Waals surface area (Å²) in [5.41, 5.74) is 2.56. The van der Waals surface area contributed by atoms with Crippen LogP contribution in [0, 0.1) is 10.6 Å². The molecule has 1 fully saturated rings. The first-order valence-electron chi connectivity index (χ1n) is 14.8. The van der Waals surface area contributed by atoms with Gasteiger partial charge in [0.05, 0.1) is 6.42 Å². The van der Waals surface area contributed by atoms with Crippen molar-refractivity contribution >= 4 is 17.8 Å². The van der Waals surface area contributed by atoms with Gasteiger partial charge >= 0.3 is 5.97 Å². The number of rotatable bonds is 5. The SMILES string of the molecule is CC(CC(=O)OC1CC(C)(C)N([O-])C(C)(C)C1)(C1=N[C@H]2c3ccccc3C[C@H]2O1)C1=N[C@H]2c3ccccc3C[C@H]2O1. The smallest absolute Gasteiger partial charge is 0.307 e. The number of benzene rings is 2. The van der Waals surface area contributed by atoms with Gasteiger partial charge in [0.15, 0.2) is 0 Å². The van der Waals surface area contributed by atoms with Gasteiger partial charge in [-0.1, -0.05) is 48.5 Å². The fourth-order valence-electron chi connectivity index (χ4n) is 7.75. The van der Waals surface area contributed by atoms with E-state index in [0.29, 0.717) is 24.6 Å². The van der Waals surface area contributed by atoms with Gasteiger partial charge in [0, 0.05) is 36.8 Å². The van der Waals surface area contributed by atoms with Crippen LogP contribution in [-0.4, -0.2) is 52.2 Å². The molecule has 0 unspecified atom stereocenters. The number of piperidine rings is 1. The summed E-state index contributed by atoms with van der Waals surface area (Å²) in [5.74, 6) is 0.609. The Hall–Kier alpha value is -3.23. The summed E-state index contributed by atoms with van der Waals surface area (Å²) < 4.78 is 19.2. The van der Waals surface area contributed by atoms with Crippen molar-refractivity contribution in [3.8, 4) is 0 Å². The van der Waals surface area contributed by atoms with Gasteiger partial charge in [-0.15, -0.1) is 0 Å². The van der Waals surface area contributed by atoms with E-state index < -0.39 is 16.5 Å². The minimum absolute atomic E-state index is 0.00864. The molecule has 0 spiro atoms. The fourth-order valence-corrected chi connectivity index (χ4v) is 7.75. The number of hydrogen-bond acceptors (Lipinski definition) is 8. The van der Waals surface area contributed by atoms with Crippen LogP contribution >= 0.6 is 0 Å². The first-order valence-corrected chi connectivity index (χ1v) is 14.8. The molecule has 3 aliphatic heterocycles. The van der Waals surface area contributed by atoms with Crippen LogP contribution in [0.5, 0.6) is 0 Å². The monoisotopic (exact) mass is 556 g/mol.